The van der Waals surface area contributed by atoms with E-state index in [-0.39, 0.29) is 10.8 Å². The zero-order valence-corrected chi connectivity index (χ0v) is 11.8. The molecule has 2 atom stereocenters. The number of halogens is 1. The Bertz CT molecular complexity index is 491. The van der Waals surface area contributed by atoms with Crippen molar-refractivity contribution in [3.8, 4) is 0 Å². The zero-order chi connectivity index (χ0) is 13.4. The van der Waals surface area contributed by atoms with E-state index in [0.29, 0.717) is 5.56 Å². The fraction of sp³-hybridized carbons (Fsp3) is 0.533. The molecule has 2 aliphatic rings. The highest BCUT2D eigenvalue weighted by Gasteiger charge is 2.35. The highest BCUT2D eigenvalue weighted by molar-refractivity contribution is 7.80. The number of fused-ring (bicyclic) bond motifs is 1. The standard InChI is InChI=1S/C15H19FN2S/c16-14-5-4-10(6-13(14)15(17)19)7-18-8-11-2-1-3-12(11)9-18/h4-6,11-12H,1-3,7-9H2,(H2,17,19). The summed E-state index contributed by atoms with van der Waals surface area (Å²) in [4.78, 5) is 2.61. The first-order valence-electron chi connectivity index (χ1n) is 6.94. The largest absolute Gasteiger partial charge is 0.389 e. The van der Waals surface area contributed by atoms with Crippen LogP contribution in [0.15, 0.2) is 18.2 Å². The van der Waals surface area contributed by atoms with E-state index in [0.717, 1.165) is 23.9 Å². The Morgan fingerprint density at radius 1 is 1.32 bits per heavy atom. The van der Waals surface area contributed by atoms with Crippen LogP contribution >= 0.6 is 12.2 Å². The lowest BCUT2D eigenvalue weighted by Gasteiger charge is -2.17. The molecule has 0 amide bonds. The number of thiocarbonyl (C=S) groups is 1. The zero-order valence-electron chi connectivity index (χ0n) is 10.9. The van der Waals surface area contributed by atoms with Crippen molar-refractivity contribution < 1.29 is 4.39 Å². The fourth-order valence-electron chi connectivity index (χ4n) is 3.58. The molecule has 0 aromatic heterocycles. The van der Waals surface area contributed by atoms with Gasteiger partial charge in [-0.2, -0.15) is 0 Å². The maximum Gasteiger partial charge on any atom is 0.133 e. The fourth-order valence-corrected chi connectivity index (χ4v) is 3.74. The summed E-state index contributed by atoms with van der Waals surface area (Å²) in [6.07, 6.45) is 4.15. The summed E-state index contributed by atoms with van der Waals surface area (Å²) >= 11 is 4.88. The Morgan fingerprint density at radius 2 is 2.00 bits per heavy atom. The lowest BCUT2D eigenvalue weighted by molar-refractivity contribution is 0.303. The van der Waals surface area contributed by atoms with E-state index >= 15 is 0 Å². The van der Waals surface area contributed by atoms with E-state index in [2.05, 4.69) is 4.90 Å². The summed E-state index contributed by atoms with van der Waals surface area (Å²) in [7, 11) is 0. The van der Waals surface area contributed by atoms with E-state index < -0.39 is 0 Å². The van der Waals surface area contributed by atoms with Gasteiger partial charge in [-0.15, -0.1) is 0 Å². The van der Waals surface area contributed by atoms with Crippen molar-refractivity contribution in [2.24, 2.45) is 17.6 Å². The Hall–Kier alpha value is -1.00. The number of hydrogen-bond acceptors (Lipinski definition) is 2. The molecule has 1 aliphatic carbocycles. The maximum atomic E-state index is 13.5. The number of rotatable bonds is 3. The van der Waals surface area contributed by atoms with Crippen LogP contribution in [0.5, 0.6) is 0 Å². The molecule has 102 valence electrons. The Balaban J connectivity index is 1.70. The average Bonchev–Trinajstić information content (AvgIpc) is 2.91. The predicted molar refractivity (Wildman–Crippen MR) is 78.4 cm³/mol. The molecule has 1 aromatic carbocycles. The molecule has 2 fully saturated rings. The van der Waals surface area contributed by atoms with Crippen molar-refractivity contribution >= 4 is 17.2 Å². The lowest BCUT2D eigenvalue weighted by Crippen LogP contribution is -2.21. The number of hydrogen-bond donors (Lipinski definition) is 1. The monoisotopic (exact) mass is 278 g/mol. The molecule has 0 spiro atoms. The average molecular weight is 278 g/mol. The van der Waals surface area contributed by atoms with Crippen LogP contribution in [0.2, 0.25) is 0 Å². The molecule has 1 saturated heterocycles. The van der Waals surface area contributed by atoms with Gasteiger partial charge in [0.05, 0.1) is 0 Å². The summed E-state index contributed by atoms with van der Waals surface area (Å²) in [6.45, 7) is 3.25. The van der Waals surface area contributed by atoms with Crippen molar-refractivity contribution in [2.75, 3.05) is 13.1 Å². The quantitative estimate of drug-likeness (QED) is 0.862. The van der Waals surface area contributed by atoms with Crippen molar-refractivity contribution in [1.29, 1.82) is 0 Å². The topological polar surface area (TPSA) is 29.3 Å². The predicted octanol–water partition coefficient (Wildman–Crippen LogP) is 2.69. The van der Waals surface area contributed by atoms with Crippen LogP contribution in [0.1, 0.15) is 30.4 Å². The lowest BCUT2D eigenvalue weighted by atomic mass is 10.0. The van der Waals surface area contributed by atoms with E-state index in [9.17, 15) is 4.39 Å². The van der Waals surface area contributed by atoms with E-state index in [1.54, 1.807) is 6.07 Å². The first-order valence-corrected chi connectivity index (χ1v) is 7.35. The molecule has 0 radical (unpaired) electrons. The van der Waals surface area contributed by atoms with Crippen LogP contribution in [-0.2, 0) is 6.54 Å². The van der Waals surface area contributed by atoms with Gasteiger partial charge in [0, 0.05) is 25.2 Å². The van der Waals surface area contributed by atoms with Crippen LogP contribution < -0.4 is 5.73 Å². The molecule has 1 heterocycles. The minimum atomic E-state index is -0.324. The molecule has 2 nitrogen and oxygen atoms in total. The van der Waals surface area contributed by atoms with Gasteiger partial charge in [-0.3, -0.25) is 4.90 Å². The second kappa shape index (κ2) is 5.17. The highest BCUT2D eigenvalue weighted by Crippen LogP contribution is 2.38. The number of nitrogens with zero attached hydrogens (tertiary/aromatic N) is 1. The molecule has 1 saturated carbocycles. The van der Waals surface area contributed by atoms with Gasteiger partial charge in [0.1, 0.15) is 10.8 Å². The van der Waals surface area contributed by atoms with Gasteiger partial charge in [0.2, 0.25) is 0 Å². The number of likely N-dealkylation sites (tertiary alicyclic amines) is 1. The Labute approximate surface area is 118 Å². The van der Waals surface area contributed by atoms with Crippen LogP contribution in [0.4, 0.5) is 4.39 Å². The normalized spacial score (nSPS) is 26.6. The van der Waals surface area contributed by atoms with Crippen molar-refractivity contribution in [3.63, 3.8) is 0 Å². The number of benzene rings is 1. The molecule has 1 aliphatic heterocycles. The molecule has 19 heavy (non-hydrogen) atoms. The molecule has 2 N–H and O–H groups in total. The van der Waals surface area contributed by atoms with Gasteiger partial charge >= 0.3 is 0 Å². The van der Waals surface area contributed by atoms with Crippen LogP contribution in [0.3, 0.4) is 0 Å². The Kier molecular flexibility index (Phi) is 3.54. The van der Waals surface area contributed by atoms with Gasteiger partial charge in [-0.25, -0.2) is 4.39 Å². The summed E-state index contributed by atoms with van der Waals surface area (Å²) in [5.74, 6) is 1.44. The maximum absolute atomic E-state index is 13.5. The van der Waals surface area contributed by atoms with Crippen molar-refractivity contribution in [1.82, 2.24) is 4.90 Å². The van der Waals surface area contributed by atoms with E-state index in [4.69, 9.17) is 18.0 Å². The summed E-state index contributed by atoms with van der Waals surface area (Å²) in [5.41, 5.74) is 7.01. The Morgan fingerprint density at radius 3 is 2.63 bits per heavy atom. The van der Waals surface area contributed by atoms with Crippen molar-refractivity contribution in [3.05, 3.63) is 35.1 Å². The molecule has 0 bridgehead atoms. The molecular formula is C15H19FN2S. The van der Waals surface area contributed by atoms with Crippen molar-refractivity contribution in [2.45, 2.75) is 25.8 Å². The summed E-state index contributed by atoms with van der Waals surface area (Å²) < 4.78 is 13.5. The third-order valence-electron chi connectivity index (χ3n) is 4.50. The second-order valence-corrected chi connectivity index (χ2v) is 6.26. The van der Waals surface area contributed by atoms with Gasteiger partial charge in [0.25, 0.3) is 0 Å². The second-order valence-electron chi connectivity index (χ2n) is 5.82. The van der Waals surface area contributed by atoms with Crippen LogP contribution in [0.25, 0.3) is 0 Å². The third-order valence-corrected chi connectivity index (χ3v) is 4.72. The molecule has 4 heteroatoms. The minimum Gasteiger partial charge on any atom is -0.389 e. The van der Waals surface area contributed by atoms with Crippen LogP contribution in [0, 0.1) is 17.7 Å². The molecule has 1 aromatic rings. The van der Waals surface area contributed by atoms with Gasteiger partial charge in [0.15, 0.2) is 0 Å². The first-order chi connectivity index (χ1) is 9.13. The highest BCUT2D eigenvalue weighted by atomic mass is 32.1. The molecular weight excluding hydrogens is 259 g/mol. The van der Waals surface area contributed by atoms with E-state index in [1.165, 1.54) is 38.4 Å². The van der Waals surface area contributed by atoms with Crippen LogP contribution in [-0.4, -0.2) is 23.0 Å². The van der Waals surface area contributed by atoms with Gasteiger partial charge in [-0.1, -0.05) is 24.7 Å². The molecule has 3 rings (SSSR count). The minimum absolute atomic E-state index is 0.137. The van der Waals surface area contributed by atoms with E-state index in [1.807, 2.05) is 6.07 Å². The van der Waals surface area contributed by atoms with Gasteiger partial charge in [-0.05, 0) is 42.4 Å². The third kappa shape index (κ3) is 2.65. The summed E-state index contributed by atoms with van der Waals surface area (Å²) in [5, 5.41) is 0. The SMILES string of the molecule is NC(=S)c1cc(CN2CC3CCCC3C2)ccc1F. The first kappa shape index (κ1) is 13.0. The summed E-state index contributed by atoms with van der Waals surface area (Å²) in [6, 6.07) is 5.11. The van der Waals surface area contributed by atoms with Gasteiger partial charge < -0.3 is 5.73 Å². The molecule has 2 unspecified atom stereocenters. The smallest absolute Gasteiger partial charge is 0.133 e. The number of nitrogens with two attached hydrogens (primary N) is 1.